The van der Waals surface area contributed by atoms with E-state index < -0.39 is 10.8 Å². The summed E-state index contributed by atoms with van der Waals surface area (Å²) >= 11 is 1.35. The lowest BCUT2D eigenvalue weighted by molar-refractivity contribution is 0.102. The molecule has 7 heteroatoms. The summed E-state index contributed by atoms with van der Waals surface area (Å²) in [5.74, 6) is 0.197. The van der Waals surface area contributed by atoms with Gasteiger partial charge in [0, 0.05) is 39.9 Å². The monoisotopic (exact) mass is 357 g/mol. The van der Waals surface area contributed by atoms with Crippen LogP contribution in [0.1, 0.15) is 15.9 Å². The highest BCUT2D eigenvalue weighted by molar-refractivity contribution is 7.83. The first-order chi connectivity index (χ1) is 11.6. The molecule has 0 spiro atoms. The molecular weight excluding hydrogens is 342 g/mol. The molecule has 24 heavy (non-hydrogen) atoms. The van der Waals surface area contributed by atoms with Crippen LogP contribution in [0.15, 0.2) is 54.0 Å². The number of rotatable bonds is 5. The summed E-state index contributed by atoms with van der Waals surface area (Å²) in [5.41, 5.74) is 2.89. The maximum absolute atomic E-state index is 12.4. The Morgan fingerprint density at radius 2 is 2.08 bits per heavy atom. The SMILES string of the molecule is CS(=O)Cc1cccc(C(=O)Nc2nc(-c3ccccn3)cs2)c1. The van der Waals surface area contributed by atoms with Gasteiger partial charge in [0.1, 0.15) is 5.69 Å². The minimum Gasteiger partial charge on any atom is -0.298 e. The van der Waals surface area contributed by atoms with Gasteiger partial charge in [-0.05, 0) is 29.8 Å². The fourth-order valence-corrected chi connectivity index (χ4v) is 3.52. The van der Waals surface area contributed by atoms with Crippen molar-refractivity contribution in [2.24, 2.45) is 0 Å². The van der Waals surface area contributed by atoms with Crippen molar-refractivity contribution in [1.29, 1.82) is 0 Å². The average molecular weight is 357 g/mol. The molecule has 5 nitrogen and oxygen atoms in total. The third-order valence-electron chi connectivity index (χ3n) is 3.21. The van der Waals surface area contributed by atoms with Gasteiger partial charge < -0.3 is 0 Å². The number of hydrogen-bond acceptors (Lipinski definition) is 5. The number of benzene rings is 1. The Bertz CT molecular complexity index is 878. The number of nitrogens with zero attached hydrogens (tertiary/aromatic N) is 2. The maximum atomic E-state index is 12.4. The molecule has 0 saturated carbocycles. The fourth-order valence-electron chi connectivity index (χ4n) is 2.17. The number of aromatic nitrogens is 2. The van der Waals surface area contributed by atoms with Gasteiger partial charge >= 0.3 is 0 Å². The average Bonchev–Trinajstić information content (AvgIpc) is 3.04. The molecule has 1 unspecified atom stereocenters. The second-order valence-electron chi connectivity index (χ2n) is 5.12. The Labute approximate surface area is 146 Å². The van der Waals surface area contributed by atoms with Gasteiger partial charge in [0.25, 0.3) is 5.91 Å². The molecule has 0 saturated heterocycles. The summed E-state index contributed by atoms with van der Waals surface area (Å²) in [4.78, 5) is 21.0. The van der Waals surface area contributed by atoms with Crippen LogP contribution in [0.3, 0.4) is 0 Å². The molecule has 0 aliphatic heterocycles. The van der Waals surface area contributed by atoms with Crippen molar-refractivity contribution >= 4 is 33.2 Å². The molecule has 3 rings (SSSR count). The first kappa shape index (κ1) is 16.5. The Balaban J connectivity index is 1.73. The van der Waals surface area contributed by atoms with E-state index >= 15 is 0 Å². The number of carbonyl (C=O) groups excluding carboxylic acids is 1. The second-order valence-corrected chi connectivity index (χ2v) is 7.42. The van der Waals surface area contributed by atoms with Gasteiger partial charge in [-0.25, -0.2) is 4.98 Å². The van der Waals surface area contributed by atoms with Gasteiger partial charge in [-0.2, -0.15) is 0 Å². The van der Waals surface area contributed by atoms with Crippen molar-refractivity contribution in [3.8, 4) is 11.4 Å². The van der Waals surface area contributed by atoms with Crippen LogP contribution in [-0.4, -0.2) is 26.3 Å². The molecule has 0 aliphatic rings. The molecule has 2 aromatic heterocycles. The summed E-state index contributed by atoms with van der Waals surface area (Å²) < 4.78 is 11.3. The van der Waals surface area contributed by atoms with Crippen LogP contribution < -0.4 is 5.32 Å². The van der Waals surface area contributed by atoms with Crippen LogP contribution in [0.5, 0.6) is 0 Å². The van der Waals surface area contributed by atoms with E-state index in [4.69, 9.17) is 0 Å². The molecule has 0 radical (unpaired) electrons. The van der Waals surface area contributed by atoms with E-state index in [1.807, 2.05) is 29.6 Å². The third kappa shape index (κ3) is 4.12. The minimum absolute atomic E-state index is 0.236. The molecule has 1 N–H and O–H groups in total. The molecule has 1 amide bonds. The lowest BCUT2D eigenvalue weighted by atomic mass is 10.1. The topological polar surface area (TPSA) is 72.0 Å². The van der Waals surface area contributed by atoms with E-state index in [1.165, 1.54) is 11.3 Å². The highest BCUT2D eigenvalue weighted by Gasteiger charge is 2.11. The first-order valence-corrected chi connectivity index (χ1v) is 9.80. The number of amides is 1. The van der Waals surface area contributed by atoms with Gasteiger partial charge in [-0.1, -0.05) is 18.2 Å². The van der Waals surface area contributed by atoms with Gasteiger partial charge in [0.05, 0.1) is 5.69 Å². The predicted octanol–water partition coefficient (Wildman–Crippen LogP) is 3.34. The van der Waals surface area contributed by atoms with Crippen molar-refractivity contribution < 1.29 is 9.00 Å². The first-order valence-electron chi connectivity index (χ1n) is 7.19. The smallest absolute Gasteiger partial charge is 0.257 e. The van der Waals surface area contributed by atoms with Gasteiger partial charge in [0.15, 0.2) is 5.13 Å². The van der Waals surface area contributed by atoms with Crippen LogP contribution in [-0.2, 0) is 16.6 Å². The quantitative estimate of drug-likeness (QED) is 0.760. The van der Waals surface area contributed by atoms with E-state index in [0.717, 1.165) is 17.0 Å². The number of nitrogens with one attached hydrogen (secondary N) is 1. The summed E-state index contributed by atoms with van der Waals surface area (Å²) in [5, 5.41) is 5.17. The van der Waals surface area contributed by atoms with Crippen LogP contribution in [0.4, 0.5) is 5.13 Å². The van der Waals surface area contributed by atoms with E-state index in [1.54, 1.807) is 30.7 Å². The highest BCUT2D eigenvalue weighted by Crippen LogP contribution is 2.23. The Morgan fingerprint density at radius 1 is 1.21 bits per heavy atom. The summed E-state index contributed by atoms with van der Waals surface area (Å²) in [7, 11) is -0.943. The van der Waals surface area contributed by atoms with Crippen LogP contribution in [0.2, 0.25) is 0 Å². The Morgan fingerprint density at radius 3 is 2.83 bits per heavy atom. The molecule has 1 atom stereocenters. The standard InChI is InChI=1S/C17H15N3O2S2/c1-24(22)11-12-5-4-6-13(9-12)16(21)20-17-19-15(10-23-17)14-7-2-3-8-18-14/h2-10H,11H2,1H3,(H,19,20,21). The largest absolute Gasteiger partial charge is 0.298 e. The predicted molar refractivity (Wildman–Crippen MR) is 97.5 cm³/mol. The number of pyridine rings is 1. The van der Waals surface area contributed by atoms with Crippen molar-refractivity contribution in [2.75, 3.05) is 11.6 Å². The molecule has 122 valence electrons. The molecule has 0 aliphatic carbocycles. The lowest BCUT2D eigenvalue weighted by Crippen LogP contribution is -2.12. The second kappa shape index (κ2) is 7.46. The fraction of sp³-hybridized carbons (Fsp3) is 0.118. The molecular formula is C17H15N3O2S2. The van der Waals surface area contributed by atoms with E-state index in [-0.39, 0.29) is 5.91 Å². The Hall–Kier alpha value is -2.38. The number of hydrogen-bond donors (Lipinski definition) is 1. The zero-order chi connectivity index (χ0) is 16.9. The van der Waals surface area contributed by atoms with Gasteiger partial charge in [0.2, 0.25) is 0 Å². The zero-order valence-corrected chi connectivity index (χ0v) is 14.6. The molecule has 0 bridgehead atoms. The highest BCUT2D eigenvalue weighted by atomic mass is 32.2. The molecule has 0 fully saturated rings. The van der Waals surface area contributed by atoms with Crippen molar-refractivity contribution in [2.45, 2.75) is 5.75 Å². The molecule has 3 aromatic rings. The summed E-state index contributed by atoms with van der Waals surface area (Å²) in [6, 6.07) is 12.7. The van der Waals surface area contributed by atoms with Crippen molar-refractivity contribution in [1.82, 2.24) is 9.97 Å². The molecule has 1 aromatic carbocycles. The van der Waals surface area contributed by atoms with Crippen LogP contribution >= 0.6 is 11.3 Å². The van der Waals surface area contributed by atoms with Crippen LogP contribution in [0, 0.1) is 0 Å². The number of carbonyl (C=O) groups is 1. The summed E-state index contributed by atoms with van der Waals surface area (Å²) in [6.07, 6.45) is 3.34. The van der Waals surface area contributed by atoms with Crippen LogP contribution in [0.25, 0.3) is 11.4 Å². The van der Waals surface area contributed by atoms with E-state index in [9.17, 15) is 9.00 Å². The van der Waals surface area contributed by atoms with E-state index in [2.05, 4.69) is 15.3 Å². The Kier molecular flexibility index (Phi) is 5.12. The van der Waals surface area contributed by atoms with Crippen molar-refractivity contribution in [3.63, 3.8) is 0 Å². The van der Waals surface area contributed by atoms with Gasteiger partial charge in [-0.3, -0.25) is 19.3 Å². The lowest BCUT2D eigenvalue weighted by Gasteiger charge is -2.04. The van der Waals surface area contributed by atoms with E-state index in [0.29, 0.717) is 16.4 Å². The van der Waals surface area contributed by atoms with Crippen molar-refractivity contribution in [3.05, 3.63) is 65.2 Å². The summed E-state index contributed by atoms with van der Waals surface area (Å²) in [6.45, 7) is 0. The number of anilines is 1. The number of thiazole rings is 1. The maximum Gasteiger partial charge on any atom is 0.257 e. The van der Waals surface area contributed by atoms with Gasteiger partial charge in [-0.15, -0.1) is 11.3 Å². The third-order valence-corrected chi connectivity index (χ3v) is 4.71. The minimum atomic E-state index is -0.943. The molecule has 2 heterocycles. The normalized spacial score (nSPS) is 11.9. The zero-order valence-electron chi connectivity index (χ0n) is 12.9.